The lowest BCUT2D eigenvalue weighted by Gasteiger charge is -2.25. The lowest BCUT2D eigenvalue weighted by molar-refractivity contribution is -0.384. The number of nitro groups is 1. The number of ether oxygens (including phenoxy) is 1. The number of nitrogens with zero attached hydrogens (tertiary/aromatic N) is 2. The molecule has 0 heterocycles. The molecule has 0 saturated heterocycles. The van der Waals surface area contributed by atoms with Crippen LogP contribution >= 0.6 is 11.6 Å². The zero-order valence-electron chi connectivity index (χ0n) is 14.9. The van der Waals surface area contributed by atoms with Gasteiger partial charge in [-0.05, 0) is 19.9 Å². The summed E-state index contributed by atoms with van der Waals surface area (Å²) in [5.41, 5.74) is 0.242. The van der Waals surface area contributed by atoms with Crippen LogP contribution in [0.15, 0.2) is 48.5 Å². The maximum absolute atomic E-state index is 12.8. The van der Waals surface area contributed by atoms with Crippen LogP contribution in [0.25, 0.3) is 0 Å². The number of nitro benzene ring substituents is 1. The van der Waals surface area contributed by atoms with Crippen LogP contribution in [0.5, 0.6) is 0 Å². The molecule has 0 fully saturated rings. The average Bonchev–Trinajstić information content (AvgIpc) is 2.67. The highest BCUT2D eigenvalue weighted by molar-refractivity contribution is 6.33. The Morgan fingerprint density at radius 2 is 1.78 bits per heavy atom. The summed E-state index contributed by atoms with van der Waals surface area (Å²) in [6, 6.07) is 12.1. The monoisotopic (exact) mass is 390 g/mol. The number of carbonyl (C=O) groups is 2. The quantitative estimate of drug-likeness (QED) is 0.404. The molecule has 142 valence electrons. The summed E-state index contributed by atoms with van der Waals surface area (Å²) in [6.45, 7) is 4.60. The first-order chi connectivity index (χ1) is 12.9. The van der Waals surface area contributed by atoms with E-state index in [2.05, 4.69) is 0 Å². The molecule has 0 unspecified atom stereocenters. The first-order valence-corrected chi connectivity index (χ1v) is 8.75. The fourth-order valence-corrected chi connectivity index (χ4v) is 2.80. The minimum Gasteiger partial charge on any atom is -0.444 e. The molecule has 0 aliphatic heterocycles. The number of rotatable bonds is 7. The Morgan fingerprint density at radius 1 is 1.15 bits per heavy atom. The van der Waals surface area contributed by atoms with Crippen molar-refractivity contribution in [1.82, 2.24) is 4.90 Å². The van der Waals surface area contributed by atoms with Gasteiger partial charge in [0, 0.05) is 30.8 Å². The largest absolute Gasteiger partial charge is 0.444 e. The molecule has 2 aromatic carbocycles. The van der Waals surface area contributed by atoms with E-state index in [0.29, 0.717) is 18.7 Å². The number of non-ortho nitro benzene ring substituents is 1. The van der Waals surface area contributed by atoms with Crippen LogP contribution in [-0.4, -0.2) is 34.8 Å². The molecule has 0 aliphatic carbocycles. The molecule has 0 radical (unpaired) electrons. The summed E-state index contributed by atoms with van der Waals surface area (Å²) in [4.78, 5) is 37.2. The van der Waals surface area contributed by atoms with Crippen molar-refractivity contribution in [3.8, 4) is 0 Å². The van der Waals surface area contributed by atoms with Crippen molar-refractivity contribution in [3.05, 3.63) is 74.8 Å². The van der Waals surface area contributed by atoms with Gasteiger partial charge < -0.3 is 9.64 Å². The first kappa shape index (κ1) is 20.4. The third-order valence-electron chi connectivity index (χ3n) is 4.01. The minimum atomic E-state index is -1.13. The third-order valence-corrected chi connectivity index (χ3v) is 4.32. The minimum absolute atomic E-state index is 0.0458. The molecule has 8 heteroatoms. The molecule has 0 N–H and O–H groups in total. The molecule has 2 rings (SSSR count). The maximum Gasteiger partial charge on any atom is 0.340 e. The Labute approximate surface area is 161 Å². The van der Waals surface area contributed by atoms with Gasteiger partial charge in [0.25, 0.3) is 11.6 Å². The van der Waals surface area contributed by atoms with E-state index in [4.69, 9.17) is 16.3 Å². The zero-order valence-corrected chi connectivity index (χ0v) is 15.7. The van der Waals surface area contributed by atoms with Crippen LogP contribution in [0.4, 0.5) is 5.69 Å². The number of amides is 1. The summed E-state index contributed by atoms with van der Waals surface area (Å²) in [6.07, 6.45) is -1.13. The number of likely N-dealkylation sites (N-methyl/N-ethyl adjacent to an activating group) is 1. The van der Waals surface area contributed by atoms with E-state index in [0.717, 1.165) is 12.1 Å². The van der Waals surface area contributed by atoms with E-state index in [1.54, 1.807) is 35.2 Å². The van der Waals surface area contributed by atoms with Crippen molar-refractivity contribution < 1.29 is 19.2 Å². The second-order valence-corrected chi connectivity index (χ2v) is 6.04. The van der Waals surface area contributed by atoms with E-state index in [1.165, 1.54) is 6.07 Å². The van der Waals surface area contributed by atoms with E-state index in [9.17, 15) is 19.7 Å². The normalized spacial score (nSPS) is 11.5. The SMILES string of the molecule is CCN(CC)C(=O)[C@H](OC(=O)c1ccc([N+](=O)[O-])cc1Cl)c1ccccc1. The fourth-order valence-electron chi connectivity index (χ4n) is 2.54. The van der Waals surface area contributed by atoms with Crippen LogP contribution < -0.4 is 0 Å². The summed E-state index contributed by atoms with van der Waals surface area (Å²) in [5.74, 6) is -1.18. The van der Waals surface area contributed by atoms with Crippen LogP contribution in [0.2, 0.25) is 5.02 Å². The van der Waals surface area contributed by atoms with Gasteiger partial charge in [0.1, 0.15) is 0 Å². The van der Waals surface area contributed by atoms with Gasteiger partial charge in [-0.15, -0.1) is 0 Å². The van der Waals surface area contributed by atoms with Gasteiger partial charge in [0.15, 0.2) is 0 Å². The van der Waals surface area contributed by atoms with Crippen molar-refractivity contribution >= 4 is 29.2 Å². The Bertz CT molecular complexity index is 837. The number of halogens is 1. The van der Waals surface area contributed by atoms with Crippen molar-refractivity contribution in [2.75, 3.05) is 13.1 Å². The molecular weight excluding hydrogens is 372 g/mol. The molecule has 0 aliphatic rings. The van der Waals surface area contributed by atoms with Crippen molar-refractivity contribution in [1.29, 1.82) is 0 Å². The zero-order chi connectivity index (χ0) is 20.0. The molecule has 0 bridgehead atoms. The Hall–Kier alpha value is -2.93. The molecule has 0 saturated carbocycles. The summed E-state index contributed by atoms with van der Waals surface area (Å²) >= 11 is 5.99. The summed E-state index contributed by atoms with van der Waals surface area (Å²) in [7, 11) is 0. The number of benzene rings is 2. The highest BCUT2D eigenvalue weighted by Crippen LogP contribution is 2.27. The van der Waals surface area contributed by atoms with Gasteiger partial charge >= 0.3 is 5.97 Å². The fraction of sp³-hybridized carbons (Fsp3) is 0.263. The Kier molecular flexibility index (Phi) is 6.90. The predicted molar refractivity (Wildman–Crippen MR) is 101 cm³/mol. The molecule has 27 heavy (non-hydrogen) atoms. The second-order valence-electron chi connectivity index (χ2n) is 5.63. The van der Waals surface area contributed by atoms with Gasteiger partial charge in [-0.25, -0.2) is 4.79 Å². The van der Waals surface area contributed by atoms with E-state index >= 15 is 0 Å². The average molecular weight is 391 g/mol. The van der Waals surface area contributed by atoms with E-state index in [1.807, 2.05) is 13.8 Å². The van der Waals surface area contributed by atoms with Crippen LogP contribution in [-0.2, 0) is 9.53 Å². The van der Waals surface area contributed by atoms with Gasteiger partial charge in [0.05, 0.1) is 15.5 Å². The van der Waals surface area contributed by atoms with Crippen LogP contribution in [0.3, 0.4) is 0 Å². The van der Waals surface area contributed by atoms with Gasteiger partial charge in [-0.3, -0.25) is 14.9 Å². The molecular formula is C19H19ClN2O5. The summed E-state index contributed by atoms with van der Waals surface area (Å²) < 4.78 is 5.47. The van der Waals surface area contributed by atoms with Gasteiger partial charge in [-0.1, -0.05) is 41.9 Å². The lowest BCUT2D eigenvalue weighted by atomic mass is 10.1. The molecule has 0 spiro atoms. The molecule has 7 nitrogen and oxygen atoms in total. The van der Waals surface area contributed by atoms with Gasteiger partial charge in [-0.2, -0.15) is 0 Å². The highest BCUT2D eigenvalue weighted by Gasteiger charge is 2.29. The topological polar surface area (TPSA) is 89.8 Å². The summed E-state index contributed by atoms with van der Waals surface area (Å²) in [5, 5.41) is 10.7. The number of carbonyl (C=O) groups excluding carboxylic acids is 2. The van der Waals surface area contributed by atoms with E-state index < -0.39 is 17.0 Å². The molecule has 1 amide bonds. The number of hydrogen-bond donors (Lipinski definition) is 0. The Balaban J connectivity index is 2.34. The Morgan fingerprint density at radius 3 is 2.30 bits per heavy atom. The second kappa shape index (κ2) is 9.14. The van der Waals surface area contributed by atoms with Crippen LogP contribution in [0, 0.1) is 10.1 Å². The lowest BCUT2D eigenvalue weighted by Crippen LogP contribution is -2.36. The smallest absolute Gasteiger partial charge is 0.340 e. The molecule has 0 aromatic heterocycles. The van der Waals surface area contributed by atoms with E-state index in [-0.39, 0.29) is 22.2 Å². The van der Waals surface area contributed by atoms with Crippen molar-refractivity contribution in [3.63, 3.8) is 0 Å². The van der Waals surface area contributed by atoms with Crippen molar-refractivity contribution in [2.45, 2.75) is 20.0 Å². The third kappa shape index (κ3) is 4.83. The van der Waals surface area contributed by atoms with Crippen LogP contribution in [0.1, 0.15) is 35.9 Å². The maximum atomic E-state index is 12.8. The molecule has 1 atom stereocenters. The van der Waals surface area contributed by atoms with Crippen molar-refractivity contribution in [2.24, 2.45) is 0 Å². The highest BCUT2D eigenvalue weighted by atomic mass is 35.5. The van der Waals surface area contributed by atoms with Gasteiger partial charge in [0.2, 0.25) is 6.10 Å². The number of esters is 1. The first-order valence-electron chi connectivity index (χ1n) is 8.37. The standard InChI is InChI=1S/C19H19ClN2O5/c1-3-21(4-2)18(23)17(13-8-6-5-7-9-13)27-19(24)15-11-10-14(22(25)26)12-16(15)20/h5-12,17H,3-4H2,1-2H3/t17-/m1/s1. The number of hydrogen-bond acceptors (Lipinski definition) is 5. The predicted octanol–water partition coefficient (Wildman–Crippen LogP) is 4.01. The molecule has 2 aromatic rings.